The quantitative estimate of drug-likeness (QED) is 0.690. The van der Waals surface area contributed by atoms with E-state index in [0.29, 0.717) is 12.1 Å². The highest BCUT2D eigenvalue weighted by molar-refractivity contribution is 4.82. The summed E-state index contributed by atoms with van der Waals surface area (Å²) in [7, 11) is 2.14. The van der Waals surface area contributed by atoms with E-state index in [0.717, 1.165) is 25.9 Å². The average Bonchev–Trinajstić information content (AvgIpc) is 2.51. The van der Waals surface area contributed by atoms with Crippen molar-refractivity contribution in [3.63, 3.8) is 0 Å². The zero-order chi connectivity index (χ0) is 10.6. The summed E-state index contributed by atoms with van der Waals surface area (Å²) in [6.07, 6.45) is 3.16. The van der Waals surface area contributed by atoms with Gasteiger partial charge in [0.15, 0.2) is 0 Å². The Labute approximate surface area is 87.5 Å². The van der Waals surface area contributed by atoms with E-state index in [4.69, 9.17) is 0 Å². The zero-order valence-corrected chi connectivity index (χ0v) is 9.66. The number of hydrogen-bond donors (Lipinski definition) is 2. The lowest BCUT2D eigenvalue weighted by Crippen LogP contribution is -2.41. The van der Waals surface area contributed by atoms with Gasteiger partial charge in [-0.05, 0) is 40.2 Å². The maximum atomic E-state index is 9.59. The van der Waals surface area contributed by atoms with Crippen molar-refractivity contribution in [3.8, 4) is 0 Å². The minimum atomic E-state index is -0.112. The monoisotopic (exact) mass is 200 g/mol. The van der Waals surface area contributed by atoms with Crippen LogP contribution in [0.15, 0.2) is 0 Å². The molecule has 2 atom stereocenters. The predicted octanol–water partition coefficient (Wildman–Crippen LogP) is 0.830. The SMILES string of the molecule is CC(C)N(C)CCN[C@@H]1CCC[C@H]1O. The summed E-state index contributed by atoms with van der Waals surface area (Å²) < 4.78 is 0. The summed E-state index contributed by atoms with van der Waals surface area (Å²) in [5.74, 6) is 0. The van der Waals surface area contributed by atoms with Gasteiger partial charge in [-0.25, -0.2) is 0 Å². The van der Waals surface area contributed by atoms with Gasteiger partial charge in [0.25, 0.3) is 0 Å². The van der Waals surface area contributed by atoms with Crippen molar-refractivity contribution in [2.45, 2.75) is 51.3 Å². The van der Waals surface area contributed by atoms with Gasteiger partial charge in [-0.3, -0.25) is 0 Å². The van der Waals surface area contributed by atoms with Crippen LogP contribution in [0.2, 0.25) is 0 Å². The van der Waals surface area contributed by atoms with Crippen molar-refractivity contribution in [1.29, 1.82) is 0 Å². The first-order chi connectivity index (χ1) is 6.61. The van der Waals surface area contributed by atoms with Crippen LogP contribution < -0.4 is 5.32 Å². The molecular formula is C11H24N2O. The van der Waals surface area contributed by atoms with E-state index < -0.39 is 0 Å². The van der Waals surface area contributed by atoms with E-state index in [1.54, 1.807) is 0 Å². The molecule has 1 rings (SSSR count). The Balaban J connectivity index is 2.09. The van der Waals surface area contributed by atoms with Gasteiger partial charge in [-0.15, -0.1) is 0 Å². The summed E-state index contributed by atoms with van der Waals surface area (Å²) in [6.45, 7) is 6.44. The minimum Gasteiger partial charge on any atom is -0.392 e. The van der Waals surface area contributed by atoms with Crippen LogP contribution in [0.25, 0.3) is 0 Å². The molecule has 0 amide bonds. The molecule has 0 saturated heterocycles. The van der Waals surface area contributed by atoms with Gasteiger partial charge in [-0.2, -0.15) is 0 Å². The van der Waals surface area contributed by atoms with Crippen molar-refractivity contribution in [1.82, 2.24) is 10.2 Å². The lowest BCUT2D eigenvalue weighted by Gasteiger charge is -2.23. The molecule has 1 saturated carbocycles. The Morgan fingerprint density at radius 1 is 1.43 bits per heavy atom. The molecule has 1 aliphatic rings. The van der Waals surface area contributed by atoms with Crippen LogP contribution in [0.5, 0.6) is 0 Å². The summed E-state index contributed by atoms with van der Waals surface area (Å²) in [4.78, 5) is 2.31. The third-order valence-electron chi connectivity index (χ3n) is 3.23. The van der Waals surface area contributed by atoms with Crippen molar-refractivity contribution in [3.05, 3.63) is 0 Å². The average molecular weight is 200 g/mol. The molecule has 0 spiro atoms. The fraction of sp³-hybridized carbons (Fsp3) is 1.00. The molecule has 84 valence electrons. The topological polar surface area (TPSA) is 35.5 Å². The smallest absolute Gasteiger partial charge is 0.0693 e. The van der Waals surface area contributed by atoms with E-state index >= 15 is 0 Å². The predicted molar refractivity (Wildman–Crippen MR) is 59.4 cm³/mol. The summed E-state index contributed by atoms with van der Waals surface area (Å²) in [5.41, 5.74) is 0. The molecular weight excluding hydrogens is 176 g/mol. The number of aliphatic hydroxyl groups is 1. The fourth-order valence-electron chi connectivity index (χ4n) is 1.86. The molecule has 1 fully saturated rings. The van der Waals surface area contributed by atoms with Crippen molar-refractivity contribution < 1.29 is 5.11 Å². The van der Waals surface area contributed by atoms with Crippen LogP contribution >= 0.6 is 0 Å². The standard InChI is InChI=1S/C11H24N2O/c1-9(2)13(3)8-7-12-10-5-4-6-11(10)14/h9-12,14H,4-8H2,1-3H3/t10-,11-/m1/s1. The second kappa shape index (κ2) is 5.69. The molecule has 0 aromatic heterocycles. The first-order valence-corrected chi connectivity index (χ1v) is 5.73. The second-order valence-electron chi connectivity index (χ2n) is 4.63. The number of hydrogen-bond acceptors (Lipinski definition) is 3. The Bertz CT molecular complexity index is 161. The van der Waals surface area contributed by atoms with Crippen LogP contribution in [-0.4, -0.2) is 48.3 Å². The van der Waals surface area contributed by atoms with Crippen LogP contribution in [0.4, 0.5) is 0 Å². The molecule has 0 radical (unpaired) electrons. The molecule has 0 aliphatic heterocycles. The van der Waals surface area contributed by atoms with E-state index in [1.165, 1.54) is 6.42 Å². The highest BCUT2D eigenvalue weighted by atomic mass is 16.3. The molecule has 0 aromatic carbocycles. The van der Waals surface area contributed by atoms with Gasteiger partial charge in [0, 0.05) is 25.2 Å². The third kappa shape index (κ3) is 3.56. The van der Waals surface area contributed by atoms with E-state index in [1.807, 2.05) is 0 Å². The molecule has 0 heterocycles. The summed E-state index contributed by atoms with van der Waals surface area (Å²) >= 11 is 0. The number of nitrogens with zero attached hydrogens (tertiary/aromatic N) is 1. The first kappa shape index (κ1) is 12.0. The zero-order valence-electron chi connectivity index (χ0n) is 9.66. The Morgan fingerprint density at radius 3 is 2.64 bits per heavy atom. The largest absolute Gasteiger partial charge is 0.392 e. The Hall–Kier alpha value is -0.120. The van der Waals surface area contributed by atoms with Crippen LogP contribution in [0, 0.1) is 0 Å². The van der Waals surface area contributed by atoms with E-state index in [2.05, 4.69) is 31.1 Å². The van der Waals surface area contributed by atoms with Gasteiger partial charge in [0.1, 0.15) is 0 Å². The molecule has 2 N–H and O–H groups in total. The number of rotatable bonds is 5. The summed E-state index contributed by atoms with van der Waals surface area (Å²) in [6, 6.07) is 0.945. The third-order valence-corrected chi connectivity index (χ3v) is 3.23. The lowest BCUT2D eigenvalue weighted by molar-refractivity contribution is 0.146. The van der Waals surface area contributed by atoms with Gasteiger partial charge < -0.3 is 15.3 Å². The highest BCUT2D eigenvalue weighted by Gasteiger charge is 2.24. The number of likely N-dealkylation sites (N-methyl/N-ethyl adjacent to an activating group) is 1. The van der Waals surface area contributed by atoms with Crippen LogP contribution in [0.1, 0.15) is 33.1 Å². The maximum Gasteiger partial charge on any atom is 0.0693 e. The fourth-order valence-corrected chi connectivity index (χ4v) is 1.86. The first-order valence-electron chi connectivity index (χ1n) is 5.73. The summed E-state index contributed by atoms with van der Waals surface area (Å²) in [5, 5.41) is 13.0. The number of aliphatic hydroxyl groups excluding tert-OH is 1. The van der Waals surface area contributed by atoms with Crippen LogP contribution in [-0.2, 0) is 0 Å². The molecule has 14 heavy (non-hydrogen) atoms. The van der Waals surface area contributed by atoms with E-state index in [9.17, 15) is 5.11 Å². The highest BCUT2D eigenvalue weighted by Crippen LogP contribution is 2.18. The van der Waals surface area contributed by atoms with Gasteiger partial charge in [0.2, 0.25) is 0 Å². The van der Waals surface area contributed by atoms with Crippen LogP contribution in [0.3, 0.4) is 0 Å². The van der Waals surface area contributed by atoms with Gasteiger partial charge in [0.05, 0.1) is 6.10 Å². The molecule has 3 nitrogen and oxygen atoms in total. The van der Waals surface area contributed by atoms with Crippen molar-refractivity contribution in [2.75, 3.05) is 20.1 Å². The second-order valence-corrected chi connectivity index (χ2v) is 4.63. The molecule has 3 heteroatoms. The molecule has 1 aliphatic carbocycles. The Kier molecular flexibility index (Phi) is 4.85. The van der Waals surface area contributed by atoms with E-state index in [-0.39, 0.29) is 6.10 Å². The minimum absolute atomic E-state index is 0.112. The normalized spacial score (nSPS) is 27.9. The van der Waals surface area contributed by atoms with Crippen molar-refractivity contribution in [2.24, 2.45) is 0 Å². The maximum absolute atomic E-state index is 9.59. The van der Waals surface area contributed by atoms with Gasteiger partial charge >= 0.3 is 0 Å². The lowest BCUT2D eigenvalue weighted by atomic mass is 10.2. The molecule has 0 aromatic rings. The Morgan fingerprint density at radius 2 is 2.14 bits per heavy atom. The molecule has 0 bridgehead atoms. The van der Waals surface area contributed by atoms with Gasteiger partial charge in [-0.1, -0.05) is 0 Å². The van der Waals surface area contributed by atoms with Crippen molar-refractivity contribution >= 4 is 0 Å². The number of nitrogens with one attached hydrogen (secondary N) is 1. The molecule has 0 unspecified atom stereocenters.